The van der Waals surface area contributed by atoms with Crippen LogP contribution in [0, 0.1) is 6.92 Å². The number of aromatic amines is 1. The van der Waals surface area contributed by atoms with E-state index >= 15 is 0 Å². The molecule has 2 aromatic heterocycles. The zero-order valence-corrected chi connectivity index (χ0v) is 14.5. The molecule has 0 aliphatic rings. The summed E-state index contributed by atoms with van der Waals surface area (Å²) in [5, 5.41) is 0.697. The van der Waals surface area contributed by atoms with Crippen LogP contribution < -0.4 is 4.74 Å². The third-order valence-corrected chi connectivity index (χ3v) is 4.60. The SMILES string of the molecule is Cc1c(OCC(F)(F)C(F)F)ccnc1CSc1nc2ccccc2[nH]1. The molecule has 4 nitrogen and oxygen atoms in total. The van der Waals surface area contributed by atoms with Crippen LogP contribution in [0.2, 0.25) is 0 Å². The van der Waals surface area contributed by atoms with Crippen LogP contribution in [0.3, 0.4) is 0 Å². The third kappa shape index (κ3) is 4.09. The van der Waals surface area contributed by atoms with E-state index in [1.807, 2.05) is 24.3 Å². The van der Waals surface area contributed by atoms with E-state index in [0.717, 1.165) is 11.0 Å². The molecule has 0 radical (unpaired) electrons. The number of ether oxygens (including phenoxy) is 1. The zero-order valence-electron chi connectivity index (χ0n) is 13.7. The molecule has 0 atom stereocenters. The summed E-state index contributed by atoms with van der Waals surface area (Å²) < 4.78 is 55.4. The van der Waals surface area contributed by atoms with E-state index in [2.05, 4.69) is 15.0 Å². The van der Waals surface area contributed by atoms with E-state index in [4.69, 9.17) is 4.74 Å². The molecule has 1 aromatic carbocycles. The van der Waals surface area contributed by atoms with E-state index in [-0.39, 0.29) is 5.75 Å². The average Bonchev–Trinajstić information content (AvgIpc) is 3.02. The summed E-state index contributed by atoms with van der Waals surface area (Å²) in [5.41, 5.74) is 2.88. The number of alkyl halides is 4. The predicted molar refractivity (Wildman–Crippen MR) is 91.1 cm³/mol. The van der Waals surface area contributed by atoms with Crippen molar-refractivity contribution in [1.29, 1.82) is 0 Å². The molecular weight excluding hydrogens is 370 g/mol. The molecule has 0 bridgehead atoms. The average molecular weight is 385 g/mol. The van der Waals surface area contributed by atoms with Crippen molar-refractivity contribution in [2.45, 2.75) is 30.2 Å². The van der Waals surface area contributed by atoms with Gasteiger partial charge in [-0.3, -0.25) is 4.98 Å². The van der Waals surface area contributed by atoms with Gasteiger partial charge < -0.3 is 9.72 Å². The first kappa shape index (κ1) is 18.5. The van der Waals surface area contributed by atoms with Crippen LogP contribution in [-0.2, 0) is 5.75 Å². The van der Waals surface area contributed by atoms with Crippen LogP contribution in [0.4, 0.5) is 17.6 Å². The Hall–Kier alpha value is -2.29. The molecular formula is C17H15F4N3OS. The van der Waals surface area contributed by atoms with Gasteiger partial charge in [-0.2, -0.15) is 8.78 Å². The smallest absolute Gasteiger partial charge is 0.340 e. The van der Waals surface area contributed by atoms with Gasteiger partial charge >= 0.3 is 12.3 Å². The Morgan fingerprint density at radius 2 is 2.00 bits per heavy atom. The third-order valence-electron chi connectivity index (χ3n) is 3.71. The van der Waals surface area contributed by atoms with Crippen LogP contribution in [-0.4, -0.2) is 33.9 Å². The van der Waals surface area contributed by atoms with Gasteiger partial charge in [-0.25, -0.2) is 13.8 Å². The first-order valence-corrected chi connectivity index (χ1v) is 8.66. The van der Waals surface area contributed by atoms with Gasteiger partial charge in [-0.05, 0) is 25.1 Å². The Morgan fingerprint density at radius 3 is 2.73 bits per heavy atom. The zero-order chi connectivity index (χ0) is 18.7. The van der Waals surface area contributed by atoms with Gasteiger partial charge in [0.25, 0.3) is 0 Å². The molecule has 138 valence electrons. The maximum absolute atomic E-state index is 13.0. The number of hydrogen-bond donors (Lipinski definition) is 1. The summed E-state index contributed by atoms with van der Waals surface area (Å²) in [5.74, 6) is -3.66. The van der Waals surface area contributed by atoms with E-state index in [1.165, 1.54) is 24.0 Å². The van der Waals surface area contributed by atoms with Crippen LogP contribution >= 0.6 is 11.8 Å². The summed E-state index contributed by atoms with van der Waals surface area (Å²) in [6, 6.07) is 8.97. The molecule has 0 unspecified atom stereocenters. The fourth-order valence-corrected chi connectivity index (χ4v) is 3.14. The van der Waals surface area contributed by atoms with Gasteiger partial charge in [-0.1, -0.05) is 23.9 Å². The molecule has 2 heterocycles. The predicted octanol–water partition coefficient (Wildman–Crippen LogP) is 4.84. The topological polar surface area (TPSA) is 50.8 Å². The first-order valence-electron chi connectivity index (χ1n) is 7.67. The van der Waals surface area contributed by atoms with Gasteiger partial charge in [0.15, 0.2) is 11.8 Å². The number of halogens is 4. The van der Waals surface area contributed by atoms with Gasteiger partial charge in [-0.15, -0.1) is 0 Å². The molecule has 9 heteroatoms. The van der Waals surface area contributed by atoms with Crippen LogP contribution in [0.25, 0.3) is 11.0 Å². The highest BCUT2D eigenvalue weighted by atomic mass is 32.2. The fourth-order valence-electron chi connectivity index (χ4n) is 2.23. The van der Waals surface area contributed by atoms with Crippen molar-refractivity contribution in [3.05, 3.63) is 47.8 Å². The number of rotatable bonds is 7. The molecule has 0 saturated heterocycles. The van der Waals surface area contributed by atoms with Crippen molar-refractivity contribution in [3.63, 3.8) is 0 Å². The Kier molecular flexibility index (Phi) is 5.36. The molecule has 3 rings (SSSR count). The number of hydrogen-bond acceptors (Lipinski definition) is 4. The van der Waals surface area contributed by atoms with Gasteiger partial charge in [0, 0.05) is 17.5 Å². The van der Waals surface area contributed by atoms with Crippen molar-refractivity contribution in [3.8, 4) is 5.75 Å². The lowest BCUT2D eigenvalue weighted by atomic mass is 10.2. The second kappa shape index (κ2) is 7.53. The number of H-pyrrole nitrogens is 1. The highest BCUT2D eigenvalue weighted by Gasteiger charge is 2.41. The lowest BCUT2D eigenvalue weighted by molar-refractivity contribution is -0.148. The van der Waals surface area contributed by atoms with Gasteiger partial charge in [0.2, 0.25) is 0 Å². The van der Waals surface area contributed by atoms with E-state index in [1.54, 1.807) is 6.92 Å². The summed E-state index contributed by atoms with van der Waals surface area (Å²) in [6.45, 7) is 0.267. The molecule has 0 fully saturated rings. The molecule has 0 saturated carbocycles. The lowest BCUT2D eigenvalue weighted by Crippen LogP contribution is -2.33. The minimum absolute atomic E-state index is 0.112. The standard InChI is InChI=1S/C17H15F4N3OS/c1-10-13(8-26-16-23-11-4-2-3-5-12(11)24-16)22-7-6-14(10)25-9-17(20,21)15(18)19/h2-7,15H,8-9H2,1H3,(H,23,24). The van der Waals surface area contributed by atoms with Crippen molar-refractivity contribution < 1.29 is 22.3 Å². The molecule has 0 spiro atoms. The Bertz CT molecular complexity index is 868. The van der Waals surface area contributed by atoms with Gasteiger partial charge in [0.05, 0.1) is 16.7 Å². The number of imidazole rings is 1. The molecule has 0 amide bonds. The number of nitrogens with zero attached hydrogens (tertiary/aromatic N) is 2. The van der Waals surface area contributed by atoms with Gasteiger partial charge in [0.1, 0.15) is 5.75 Å². The quantitative estimate of drug-likeness (QED) is 0.467. The second-order valence-corrected chi connectivity index (χ2v) is 6.54. The van der Waals surface area contributed by atoms with Crippen LogP contribution in [0.1, 0.15) is 11.3 Å². The van der Waals surface area contributed by atoms with Crippen molar-refractivity contribution in [2.24, 2.45) is 0 Å². The monoisotopic (exact) mass is 385 g/mol. The largest absolute Gasteiger partial charge is 0.487 e. The number of fused-ring (bicyclic) bond motifs is 1. The summed E-state index contributed by atoms with van der Waals surface area (Å²) >= 11 is 1.40. The Balaban J connectivity index is 1.68. The van der Waals surface area contributed by atoms with E-state index in [9.17, 15) is 17.6 Å². The summed E-state index contributed by atoms with van der Waals surface area (Å²) in [4.78, 5) is 11.8. The number of thioether (sulfide) groups is 1. The number of benzene rings is 1. The second-order valence-electron chi connectivity index (χ2n) is 5.58. The number of aromatic nitrogens is 3. The number of para-hydroxylation sites is 2. The Morgan fingerprint density at radius 1 is 1.23 bits per heavy atom. The number of pyridine rings is 1. The normalized spacial score (nSPS) is 12.1. The van der Waals surface area contributed by atoms with Crippen LogP contribution in [0.5, 0.6) is 5.75 Å². The Labute approximate surface area is 151 Å². The highest BCUT2D eigenvalue weighted by Crippen LogP contribution is 2.29. The fraction of sp³-hybridized carbons (Fsp3) is 0.294. The highest BCUT2D eigenvalue weighted by molar-refractivity contribution is 7.98. The maximum atomic E-state index is 13.0. The van der Waals surface area contributed by atoms with E-state index < -0.39 is 19.0 Å². The summed E-state index contributed by atoms with van der Waals surface area (Å²) in [6.07, 6.45) is -2.37. The minimum atomic E-state index is -4.20. The van der Waals surface area contributed by atoms with Crippen molar-refractivity contribution in [1.82, 2.24) is 15.0 Å². The molecule has 1 N–H and O–H groups in total. The number of nitrogens with one attached hydrogen (secondary N) is 1. The first-order chi connectivity index (χ1) is 12.4. The molecule has 3 aromatic rings. The van der Waals surface area contributed by atoms with Crippen molar-refractivity contribution >= 4 is 22.8 Å². The van der Waals surface area contributed by atoms with Crippen molar-refractivity contribution in [2.75, 3.05) is 6.61 Å². The van der Waals surface area contributed by atoms with Crippen LogP contribution in [0.15, 0.2) is 41.7 Å². The molecule has 0 aliphatic carbocycles. The molecule has 26 heavy (non-hydrogen) atoms. The lowest BCUT2D eigenvalue weighted by Gasteiger charge is -2.17. The summed E-state index contributed by atoms with van der Waals surface area (Å²) in [7, 11) is 0. The molecule has 0 aliphatic heterocycles. The van der Waals surface area contributed by atoms with E-state index in [0.29, 0.717) is 22.2 Å². The minimum Gasteiger partial charge on any atom is -0.487 e. The maximum Gasteiger partial charge on any atom is 0.340 e.